The molecule has 9 heteroatoms. The van der Waals surface area contributed by atoms with Crippen LogP contribution in [0.25, 0.3) is 0 Å². The quantitative estimate of drug-likeness (QED) is 0.290. The third-order valence-electron chi connectivity index (χ3n) is 3.62. The Morgan fingerprint density at radius 1 is 1.18 bits per heavy atom. The molecular formula is C19H19ClN2O6. The van der Waals surface area contributed by atoms with Crippen LogP contribution in [0.15, 0.2) is 42.5 Å². The SMILES string of the molecule is CCCCNC(=O)COC(=O)c1ccc(Oc2ccc(Cl)cc2[N+](=O)[O-])cc1. The van der Waals surface area contributed by atoms with E-state index in [4.69, 9.17) is 21.1 Å². The van der Waals surface area contributed by atoms with E-state index < -0.39 is 10.9 Å². The number of ether oxygens (including phenoxy) is 2. The van der Waals surface area contributed by atoms with Crippen LogP contribution >= 0.6 is 11.6 Å². The molecule has 2 aromatic rings. The molecule has 0 heterocycles. The number of esters is 1. The van der Waals surface area contributed by atoms with Gasteiger partial charge in [-0.05, 0) is 42.8 Å². The van der Waals surface area contributed by atoms with Crippen LogP contribution in [-0.2, 0) is 9.53 Å². The average Bonchev–Trinajstić information content (AvgIpc) is 2.68. The van der Waals surface area contributed by atoms with Crippen LogP contribution in [0, 0.1) is 10.1 Å². The van der Waals surface area contributed by atoms with Gasteiger partial charge in [-0.2, -0.15) is 0 Å². The van der Waals surface area contributed by atoms with Gasteiger partial charge in [-0.1, -0.05) is 24.9 Å². The highest BCUT2D eigenvalue weighted by Gasteiger charge is 2.17. The van der Waals surface area contributed by atoms with Gasteiger partial charge in [0.25, 0.3) is 5.91 Å². The highest BCUT2D eigenvalue weighted by atomic mass is 35.5. The Morgan fingerprint density at radius 2 is 1.89 bits per heavy atom. The summed E-state index contributed by atoms with van der Waals surface area (Å²) in [5.74, 6) is -0.709. The van der Waals surface area contributed by atoms with Gasteiger partial charge in [-0.25, -0.2) is 4.79 Å². The number of carbonyl (C=O) groups excluding carboxylic acids is 2. The predicted molar refractivity (Wildman–Crippen MR) is 103 cm³/mol. The van der Waals surface area contributed by atoms with Gasteiger partial charge in [0, 0.05) is 17.6 Å². The van der Waals surface area contributed by atoms with Crippen molar-refractivity contribution in [1.29, 1.82) is 0 Å². The topological polar surface area (TPSA) is 108 Å². The number of unbranched alkanes of at least 4 members (excludes halogenated alkanes) is 1. The Balaban J connectivity index is 1.95. The minimum atomic E-state index is -0.658. The standard InChI is InChI=1S/C19H19ClN2O6/c1-2-3-10-21-18(23)12-27-19(24)13-4-7-15(8-5-13)28-17-9-6-14(20)11-16(17)22(25)26/h4-9,11H,2-3,10,12H2,1H3,(H,21,23). The highest BCUT2D eigenvalue weighted by molar-refractivity contribution is 6.30. The molecule has 0 fully saturated rings. The summed E-state index contributed by atoms with van der Waals surface area (Å²) in [6.45, 7) is 2.18. The minimum Gasteiger partial charge on any atom is -0.452 e. The molecule has 28 heavy (non-hydrogen) atoms. The lowest BCUT2D eigenvalue weighted by Crippen LogP contribution is -2.29. The van der Waals surface area contributed by atoms with Gasteiger partial charge in [0.15, 0.2) is 6.61 Å². The lowest BCUT2D eigenvalue weighted by atomic mass is 10.2. The zero-order valence-electron chi connectivity index (χ0n) is 15.1. The number of nitrogens with zero attached hydrogens (tertiary/aromatic N) is 1. The van der Waals surface area contributed by atoms with Gasteiger partial charge in [-0.15, -0.1) is 0 Å². The fraction of sp³-hybridized carbons (Fsp3) is 0.263. The van der Waals surface area contributed by atoms with Crippen LogP contribution < -0.4 is 10.1 Å². The van der Waals surface area contributed by atoms with Gasteiger partial charge < -0.3 is 14.8 Å². The summed E-state index contributed by atoms with van der Waals surface area (Å²) in [4.78, 5) is 34.0. The van der Waals surface area contributed by atoms with Crippen LogP contribution in [0.1, 0.15) is 30.1 Å². The summed E-state index contributed by atoms with van der Waals surface area (Å²) in [5, 5.41) is 14.0. The lowest BCUT2D eigenvalue weighted by molar-refractivity contribution is -0.385. The normalized spacial score (nSPS) is 10.2. The number of nitrogens with one attached hydrogen (secondary N) is 1. The van der Waals surface area contributed by atoms with Crippen molar-refractivity contribution in [2.45, 2.75) is 19.8 Å². The molecule has 0 unspecified atom stereocenters. The molecule has 2 aromatic carbocycles. The van der Waals surface area contributed by atoms with Gasteiger partial charge >= 0.3 is 11.7 Å². The Bertz CT molecular complexity index is 854. The predicted octanol–water partition coefficient (Wildman–Crippen LogP) is 4.11. The fourth-order valence-corrected chi connectivity index (χ4v) is 2.34. The molecule has 8 nitrogen and oxygen atoms in total. The maximum absolute atomic E-state index is 12.0. The van der Waals surface area contributed by atoms with Crippen molar-refractivity contribution in [3.8, 4) is 11.5 Å². The Kier molecular flexibility index (Phi) is 7.76. The summed E-state index contributed by atoms with van der Waals surface area (Å²) in [6.07, 6.45) is 1.81. The highest BCUT2D eigenvalue weighted by Crippen LogP contribution is 2.33. The zero-order valence-corrected chi connectivity index (χ0v) is 15.9. The summed E-state index contributed by atoms with van der Waals surface area (Å²) in [6, 6.07) is 9.87. The molecule has 0 saturated carbocycles. The number of hydrogen-bond acceptors (Lipinski definition) is 6. The molecule has 0 spiro atoms. The number of nitro groups is 1. The van der Waals surface area contributed by atoms with Crippen molar-refractivity contribution in [3.63, 3.8) is 0 Å². The molecule has 2 rings (SSSR count). The molecule has 0 aliphatic heterocycles. The number of halogens is 1. The molecule has 0 saturated heterocycles. The first kappa shape index (κ1) is 21.2. The van der Waals surface area contributed by atoms with Crippen molar-refractivity contribution < 1.29 is 24.0 Å². The van der Waals surface area contributed by atoms with Crippen molar-refractivity contribution in [2.24, 2.45) is 0 Å². The summed E-state index contributed by atoms with van der Waals surface area (Å²) >= 11 is 5.77. The third-order valence-corrected chi connectivity index (χ3v) is 3.86. The molecule has 1 amide bonds. The number of amides is 1. The van der Waals surface area contributed by atoms with E-state index in [9.17, 15) is 19.7 Å². The lowest BCUT2D eigenvalue weighted by Gasteiger charge is -2.08. The minimum absolute atomic E-state index is 0.0217. The molecule has 0 atom stereocenters. The van der Waals surface area contributed by atoms with Crippen LogP contribution in [0.4, 0.5) is 5.69 Å². The largest absolute Gasteiger partial charge is 0.452 e. The number of benzene rings is 2. The fourth-order valence-electron chi connectivity index (χ4n) is 2.18. The summed E-state index contributed by atoms with van der Waals surface area (Å²) in [7, 11) is 0. The molecule has 0 bridgehead atoms. The van der Waals surface area contributed by atoms with Gasteiger partial charge in [0.05, 0.1) is 10.5 Å². The van der Waals surface area contributed by atoms with Crippen LogP contribution in [0.3, 0.4) is 0 Å². The van der Waals surface area contributed by atoms with E-state index >= 15 is 0 Å². The van der Waals surface area contributed by atoms with E-state index in [-0.39, 0.29) is 34.5 Å². The molecule has 0 aromatic heterocycles. The maximum atomic E-state index is 12.0. The van der Waals surface area contributed by atoms with Crippen molar-refractivity contribution in [2.75, 3.05) is 13.2 Å². The number of hydrogen-bond donors (Lipinski definition) is 1. The Morgan fingerprint density at radius 3 is 2.54 bits per heavy atom. The second kappa shape index (κ2) is 10.3. The third kappa shape index (κ3) is 6.24. The molecule has 0 radical (unpaired) electrons. The first-order valence-corrected chi connectivity index (χ1v) is 8.94. The second-order valence-electron chi connectivity index (χ2n) is 5.78. The second-order valence-corrected chi connectivity index (χ2v) is 6.21. The zero-order chi connectivity index (χ0) is 20.5. The smallest absolute Gasteiger partial charge is 0.338 e. The molecule has 148 valence electrons. The van der Waals surface area contributed by atoms with Crippen LogP contribution in [-0.4, -0.2) is 30.0 Å². The van der Waals surface area contributed by atoms with Gasteiger partial charge in [0.1, 0.15) is 5.75 Å². The van der Waals surface area contributed by atoms with E-state index in [1.165, 1.54) is 42.5 Å². The first-order valence-electron chi connectivity index (χ1n) is 8.56. The van der Waals surface area contributed by atoms with Crippen molar-refractivity contribution >= 4 is 29.2 Å². The monoisotopic (exact) mass is 406 g/mol. The number of carbonyl (C=O) groups is 2. The molecule has 0 aliphatic carbocycles. The summed E-state index contributed by atoms with van der Waals surface area (Å²) < 4.78 is 10.4. The first-order chi connectivity index (χ1) is 13.4. The van der Waals surface area contributed by atoms with Gasteiger partial charge in [0.2, 0.25) is 5.75 Å². The van der Waals surface area contributed by atoms with Gasteiger partial charge in [-0.3, -0.25) is 14.9 Å². The number of nitro benzene ring substituents is 1. The van der Waals surface area contributed by atoms with Crippen molar-refractivity contribution in [1.82, 2.24) is 5.32 Å². The van der Waals surface area contributed by atoms with E-state index in [0.717, 1.165) is 12.8 Å². The molecule has 0 aliphatic rings. The maximum Gasteiger partial charge on any atom is 0.338 e. The van der Waals surface area contributed by atoms with Crippen LogP contribution in [0.5, 0.6) is 11.5 Å². The van der Waals surface area contributed by atoms with E-state index in [2.05, 4.69) is 5.32 Å². The van der Waals surface area contributed by atoms with Crippen molar-refractivity contribution in [3.05, 3.63) is 63.2 Å². The van der Waals surface area contributed by atoms with E-state index in [0.29, 0.717) is 12.3 Å². The molecular weight excluding hydrogens is 388 g/mol. The Labute approximate surface area is 166 Å². The average molecular weight is 407 g/mol. The van der Waals surface area contributed by atoms with E-state index in [1.807, 2.05) is 6.92 Å². The van der Waals surface area contributed by atoms with E-state index in [1.54, 1.807) is 0 Å². The number of rotatable bonds is 9. The molecule has 1 N–H and O–H groups in total. The Hall–Kier alpha value is -3.13. The van der Waals surface area contributed by atoms with Crippen LogP contribution in [0.2, 0.25) is 5.02 Å². The summed E-state index contributed by atoms with van der Waals surface area (Å²) in [5.41, 5.74) is -0.0515.